The van der Waals surface area contributed by atoms with Crippen LogP contribution in [-0.4, -0.2) is 33.1 Å². The number of hydrogen-bond donors (Lipinski definition) is 3. The molecule has 0 spiro atoms. The molecule has 0 aliphatic heterocycles. The zero-order valence-electron chi connectivity index (χ0n) is 21.5. The van der Waals surface area contributed by atoms with E-state index in [9.17, 15) is 15.3 Å². The highest BCUT2D eigenvalue weighted by atomic mass is 16.3. The fourth-order valence-corrected chi connectivity index (χ4v) is 10.6. The van der Waals surface area contributed by atoms with Crippen LogP contribution in [0.4, 0.5) is 0 Å². The van der Waals surface area contributed by atoms with Gasteiger partial charge in [0, 0.05) is 0 Å². The van der Waals surface area contributed by atoms with Crippen LogP contribution in [0.25, 0.3) is 0 Å². The van der Waals surface area contributed by atoms with Gasteiger partial charge in [0.1, 0.15) is 0 Å². The third kappa shape index (κ3) is 2.95. The molecule has 0 amide bonds. The molecule has 3 nitrogen and oxygen atoms in total. The average molecular weight is 445 g/mol. The van der Waals surface area contributed by atoms with Gasteiger partial charge in [-0.15, -0.1) is 0 Å². The van der Waals surface area contributed by atoms with Crippen molar-refractivity contribution in [3.63, 3.8) is 0 Å². The summed E-state index contributed by atoms with van der Waals surface area (Å²) in [5.74, 6) is 1.98. The van der Waals surface area contributed by atoms with Crippen molar-refractivity contribution >= 4 is 0 Å². The van der Waals surface area contributed by atoms with E-state index < -0.39 is 11.7 Å². The largest absolute Gasteiger partial charge is 0.393 e. The van der Waals surface area contributed by atoms with Crippen LogP contribution in [0.1, 0.15) is 106 Å². The lowest BCUT2D eigenvalue weighted by atomic mass is 9.42. The van der Waals surface area contributed by atoms with Crippen molar-refractivity contribution in [1.82, 2.24) is 0 Å². The Kier molecular flexibility index (Phi) is 5.17. The Morgan fingerprint density at radius 2 is 1.38 bits per heavy atom. The van der Waals surface area contributed by atoms with Crippen molar-refractivity contribution in [2.75, 3.05) is 0 Å². The van der Waals surface area contributed by atoms with Gasteiger partial charge in [-0.3, -0.25) is 0 Å². The van der Waals surface area contributed by atoms with E-state index in [0.717, 1.165) is 32.1 Å². The van der Waals surface area contributed by atoms with E-state index in [-0.39, 0.29) is 22.9 Å². The molecule has 0 radical (unpaired) electrons. The Balaban J connectivity index is 1.50. The Bertz CT molecular complexity index is 798. The highest BCUT2D eigenvalue weighted by Crippen LogP contribution is 2.69. The molecule has 0 unspecified atom stereocenters. The first-order valence-electron chi connectivity index (χ1n) is 13.5. The van der Waals surface area contributed by atoms with Crippen molar-refractivity contribution in [2.24, 2.45) is 45.3 Å². The van der Waals surface area contributed by atoms with Gasteiger partial charge in [0.05, 0.1) is 17.8 Å². The summed E-state index contributed by atoms with van der Waals surface area (Å²) in [6.07, 6.45) is 12.7. The van der Waals surface area contributed by atoms with Gasteiger partial charge in [-0.1, -0.05) is 46.3 Å². The smallest absolute Gasteiger partial charge is 0.0913 e. The summed E-state index contributed by atoms with van der Waals surface area (Å²) in [7, 11) is 0. The van der Waals surface area contributed by atoms with E-state index in [2.05, 4.69) is 40.7 Å². The van der Waals surface area contributed by atoms with E-state index in [1.165, 1.54) is 32.1 Å². The Hall–Kier alpha value is -0.380. The molecule has 5 aliphatic rings. The summed E-state index contributed by atoms with van der Waals surface area (Å²) in [5, 5.41) is 32.7. The average Bonchev–Trinajstić information content (AvgIpc) is 2.86. The number of allylic oxidation sites excluding steroid dienone is 2. The molecule has 0 aromatic carbocycles. The number of hydrogen-bond acceptors (Lipinski definition) is 3. The second-order valence-corrected chi connectivity index (χ2v) is 14.3. The molecule has 3 heteroatoms. The Morgan fingerprint density at radius 3 is 2.09 bits per heavy atom. The maximum atomic E-state index is 11.3. The third-order valence-electron chi connectivity index (χ3n) is 12.5. The molecular weight excluding hydrogens is 396 g/mol. The monoisotopic (exact) mass is 444 g/mol. The van der Waals surface area contributed by atoms with Crippen molar-refractivity contribution in [3.8, 4) is 0 Å². The molecule has 182 valence electrons. The van der Waals surface area contributed by atoms with Gasteiger partial charge in [-0.25, -0.2) is 0 Å². The molecule has 10 atom stereocenters. The normalized spacial score (nSPS) is 57.2. The van der Waals surface area contributed by atoms with Crippen LogP contribution in [-0.2, 0) is 0 Å². The van der Waals surface area contributed by atoms with E-state index >= 15 is 0 Å². The topological polar surface area (TPSA) is 60.7 Å². The summed E-state index contributed by atoms with van der Waals surface area (Å²) in [6.45, 7) is 14.1. The quantitative estimate of drug-likeness (QED) is 0.410. The van der Waals surface area contributed by atoms with Gasteiger partial charge in [0.2, 0.25) is 0 Å². The molecule has 0 heterocycles. The van der Waals surface area contributed by atoms with Crippen molar-refractivity contribution < 1.29 is 15.3 Å². The van der Waals surface area contributed by atoms with Crippen LogP contribution < -0.4 is 0 Å². The third-order valence-corrected chi connectivity index (χ3v) is 12.5. The van der Waals surface area contributed by atoms with E-state index in [0.29, 0.717) is 28.6 Å². The van der Waals surface area contributed by atoms with Crippen molar-refractivity contribution in [1.29, 1.82) is 0 Å². The SMILES string of the molecule is CC1(C)[C@@H](O)CC[C@@]2(C)[C@H]1CC[C@@]1(C)CC3=CC[C@H]4[C@@](C)(O)[C@H](O)CC[C@]4(C)[C@H]3CC[C@@H]12. The molecule has 32 heavy (non-hydrogen) atoms. The molecule has 5 rings (SSSR count). The second kappa shape index (κ2) is 7.08. The van der Waals surface area contributed by atoms with Crippen LogP contribution in [0.15, 0.2) is 11.6 Å². The van der Waals surface area contributed by atoms with Gasteiger partial charge in [0.15, 0.2) is 0 Å². The van der Waals surface area contributed by atoms with Crippen LogP contribution >= 0.6 is 0 Å². The van der Waals surface area contributed by atoms with Crippen LogP contribution in [0, 0.1) is 45.3 Å². The number of fused-ring (bicyclic) bond motifs is 6. The zero-order valence-corrected chi connectivity index (χ0v) is 21.5. The lowest BCUT2D eigenvalue weighted by molar-refractivity contribution is -0.180. The van der Waals surface area contributed by atoms with E-state index in [1.807, 2.05) is 6.92 Å². The van der Waals surface area contributed by atoms with E-state index in [4.69, 9.17) is 0 Å². The minimum absolute atomic E-state index is 0.00193. The second-order valence-electron chi connectivity index (χ2n) is 14.3. The van der Waals surface area contributed by atoms with Crippen molar-refractivity contribution in [2.45, 2.75) is 124 Å². The maximum absolute atomic E-state index is 11.3. The highest BCUT2D eigenvalue weighted by molar-refractivity contribution is 5.25. The van der Waals surface area contributed by atoms with Crippen molar-refractivity contribution in [3.05, 3.63) is 11.6 Å². The van der Waals surface area contributed by atoms with Gasteiger partial charge in [-0.2, -0.15) is 0 Å². The standard InChI is InChI=1S/C29H48O3/c1-25(2)20-11-14-26(3)17-18-7-9-22-27(4,15-13-24(31)29(22,6)32)19(18)8-10-21(26)28(20,5)16-12-23(25)30/h7,19-24,30-32H,8-17H2,1-6H3/t19-,20-,21-,22+,23-,24+,26-,27+,28-,29+/m0/s1. The molecule has 3 N–H and O–H groups in total. The Labute approximate surface area is 196 Å². The van der Waals surface area contributed by atoms with Gasteiger partial charge in [-0.05, 0) is 116 Å². The fourth-order valence-electron chi connectivity index (χ4n) is 10.6. The molecule has 0 aromatic rings. The first kappa shape index (κ1) is 23.4. The minimum Gasteiger partial charge on any atom is -0.393 e. The molecule has 4 fully saturated rings. The first-order chi connectivity index (χ1) is 14.8. The number of aliphatic hydroxyl groups excluding tert-OH is 2. The predicted octanol–water partition coefficient (Wildman–Crippen LogP) is 5.86. The fraction of sp³-hybridized carbons (Fsp3) is 0.931. The first-order valence-corrected chi connectivity index (χ1v) is 13.5. The number of rotatable bonds is 0. The van der Waals surface area contributed by atoms with Gasteiger partial charge in [0.25, 0.3) is 0 Å². The lowest BCUT2D eigenvalue weighted by Crippen LogP contribution is -2.59. The summed E-state index contributed by atoms with van der Waals surface area (Å²) in [6, 6.07) is 0. The Morgan fingerprint density at radius 1 is 0.719 bits per heavy atom. The molecule has 5 aliphatic carbocycles. The predicted molar refractivity (Wildman–Crippen MR) is 129 cm³/mol. The summed E-state index contributed by atoms with van der Waals surface area (Å²) >= 11 is 0. The molecule has 0 bridgehead atoms. The van der Waals surface area contributed by atoms with Crippen LogP contribution in [0.3, 0.4) is 0 Å². The van der Waals surface area contributed by atoms with E-state index in [1.54, 1.807) is 5.57 Å². The zero-order chi connectivity index (χ0) is 23.3. The summed E-state index contributed by atoms with van der Waals surface area (Å²) in [5.41, 5.74) is 1.40. The number of aliphatic hydroxyl groups is 3. The van der Waals surface area contributed by atoms with Gasteiger partial charge >= 0.3 is 0 Å². The maximum Gasteiger partial charge on any atom is 0.0913 e. The van der Waals surface area contributed by atoms with Gasteiger partial charge < -0.3 is 15.3 Å². The molecular formula is C29H48O3. The molecule has 0 saturated heterocycles. The lowest BCUT2D eigenvalue weighted by Gasteiger charge is -2.63. The molecule has 4 saturated carbocycles. The highest BCUT2D eigenvalue weighted by Gasteiger charge is 2.63. The van der Waals surface area contributed by atoms with Crippen LogP contribution in [0.2, 0.25) is 0 Å². The minimum atomic E-state index is -0.987. The van der Waals surface area contributed by atoms with Crippen LogP contribution in [0.5, 0.6) is 0 Å². The molecule has 0 aromatic heterocycles. The summed E-state index contributed by atoms with van der Waals surface area (Å²) < 4.78 is 0. The summed E-state index contributed by atoms with van der Waals surface area (Å²) in [4.78, 5) is 0.